The molecule has 4 heteroatoms. The molecule has 126 valence electrons. The Balaban J connectivity index is 0.00000169. The highest BCUT2D eigenvalue weighted by atomic mass is 35.5. The maximum absolute atomic E-state index is 12.5. The smallest absolute Gasteiger partial charge is 0.251 e. The highest BCUT2D eigenvalue weighted by Crippen LogP contribution is 2.27. The van der Waals surface area contributed by atoms with Crippen LogP contribution in [0.4, 0.5) is 0 Å². The molecular formula is C20H23ClN2O. The number of carbonyl (C=O) groups excluding carboxylic acids is 1. The normalized spacial score (nSPS) is 24.9. The molecular weight excluding hydrogens is 320 g/mol. The molecule has 2 aliphatic heterocycles. The quantitative estimate of drug-likeness (QED) is 0.891. The summed E-state index contributed by atoms with van der Waals surface area (Å²) < 4.78 is 0. The third kappa shape index (κ3) is 3.63. The Morgan fingerprint density at radius 3 is 2.08 bits per heavy atom. The number of rotatable bonds is 3. The van der Waals surface area contributed by atoms with Crippen LogP contribution in [0.5, 0.6) is 0 Å². The lowest BCUT2D eigenvalue weighted by Gasteiger charge is -2.29. The summed E-state index contributed by atoms with van der Waals surface area (Å²) in [5.74, 6) is 0.0518. The van der Waals surface area contributed by atoms with Gasteiger partial charge in [-0.2, -0.15) is 0 Å². The summed E-state index contributed by atoms with van der Waals surface area (Å²) >= 11 is 0. The average Bonchev–Trinajstić information content (AvgIpc) is 2.94. The predicted molar refractivity (Wildman–Crippen MR) is 99.6 cm³/mol. The molecule has 2 bridgehead atoms. The van der Waals surface area contributed by atoms with Crippen LogP contribution in [0.3, 0.4) is 0 Å². The van der Waals surface area contributed by atoms with Crippen LogP contribution >= 0.6 is 12.4 Å². The first-order chi connectivity index (χ1) is 11.3. The molecule has 2 aromatic rings. The third-order valence-electron chi connectivity index (χ3n) is 5.06. The van der Waals surface area contributed by atoms with Crippen LogP contribution in [-0.2, 0) is 0 Å². The molecule has 2 atom stereocenters. The van der Waals surface area contributed by atoms with Crippen molar-refractivity contribution in [2.24, 2.45) is 0 Å². The van der Waals surface area contributed by atoms with Crippen molar-refractivity contribution in [1.82, 2.24) is 10.6 Å². The van der Waals surface area contributed by atoms with E-state index in [2.05, 4.69) is 22.8 Å². The molecule has 2 N–H and O–H groups in total. The van der Waals surface area contributed by atoms with Gasteiger partial charge in [-0.3, -0.25) is 4.79 Å². The van der Waals surface area contributed by atoms with Crippen molar-refractivity contribution < 1.29 is 4.79 Å². The van der Waals surface area contributed by atoms with Crippen molar-refractivity contribution in [3.05, 3.63) is 60.2 Å². The zero-order chi connectivity index (χ0) is 15.6. The number of hydrogen-bond donors (Lipinski definition) is 2. The van der Waals surface area contributed by atoms with Gasteiger partial charge >= 0.3 is 0 Å². The van der Waals surface area contributed by atoms with Gasteiger partial charge in [0.25, 0.3) is 5.91 Å². The lowest BCUT2D eigenvalue weighted by atomic mass is 9.99. The number of hydrogen-bond acceptors (Lipinski definition) is 2. The summed E-state index contributed by atoms with van der Waals surface area (Å²) in [7, 11) is 0. The first-order valence-electron chi connectivity index (χ1n) is 8.50. The molecule has 2 aromatic carbocycles. The van der Waals surface area contributed by atoms with Crippen LogP contribution in [0, 0.1) is 0 Å². The number of amides is 1. The van der Waals surface area contributed by atoms with Gasteiger partial charge in [-0.25, -0.2) is 0 Å². The van der Waals surface area contributed by atoms with Gasteiger partial charge in [0.1, 0.15) is 0 Å². The van der Waals surface area contributed by atoms with Crippen molar-refractivity contribution >= 4 is 18.3 Å². The Bertz CT molecular complexity index is 675. The van der Waals surface area contributed by atoms with Gasteiger partial charge < -0.3 is 10.6 Å². The van der Waals surface area contributed by atoms with E-state index < -0.39 is 0 Å². The molecule has 3 nitrogen and oxygen atoms in total. The van der Waals surface area contributed by atoms with E-state index in [0.717, 1.165) is 24.0 Å². The summed E-state index contributed by atoms with van der Waals surface area (Å²) in [5.41, 5.74) is 3.06. The van der Waals surface area contributed by atoms with Crippen LogP contribution in [0.25, 0.3) is 11.1 Å². The maximum Gasteiger partial charge on any atom is 0.251 e. The van der Waals surface area contributed by atoms with E-state index in [1.54, 1.807) is 0 Å². The standard InChI is InChI=1S/C20H22N2O.ClH/c23-20(22-19-12-17-10-11-18(13-19)21-17)16-8-6-15(7-9-16)14-4-2-1-3-5-14;/h1-9,17-19,21H,10-13H2,(H,22,23);1H. The second-order valence-corrected chi connectivity index (χ2v) is 6.72. The minimum absolute atomic E-state index is 0. The van der Waals surface area contributed by atoms with Gasteiger partial charge in [-0.1, -0.05) is 42.5 Å². The van der Waals surface area contributed by atoms with E-state index in [-0.39, 0.29) is 18.3 Å². The van der Waals surface area contributed by atoms with E-state index in [1.165, 1.54) is 18.4 Å². The Morgan fingerprint density at radius 2 is 1.46 bits per heavy atom. The Hall–Kier alpha value is -1.84. The Morgan fingerprint density at radius 1 is 0.875 bits per heavy atom. The van der Waals surface area contributed by atoms with Gasteiger partial charge in [-0.15, -0.1) is 12.4 Å². The molecule has 0 aliphatic carbocycles. The molecule has 0 spiro atoms. The Kier molecular flexibility index (Phi) is 5.22. The second-order valence-electron chi connectivity index (χ2n) is 6.72. The summed E-state index contributed by atoms with van der Waals surface area (Å²) in [5, 5.41) is 6.82. The number of carbonyl (C=O) groups is 1. The van der Waals surface area contributed by atoms with Crippen molar-refractivity contribution in [3.63, 3.8) is 0 Å². The summed E-state index contributed by atoms with van der Waals surface area (Å²) in [6.45, 7) is 0. The zero-order valence-corrected chi connectivity index (χ0v) is 14.4. The first kappa shape index (κ1) is 17.0. The largest absolute Gasteiger partial charge is 0.349 e. The zero-order valence-electron chi connectivity index (χ0n) is 13.6. The fraction of sp³-hybridized carbons (Fsp3) is 0.350. The topological polar surface area (TPSA) is 41.1 Å². The lowest BCUT2D eigenvalue weighted by molar-refractivity contribution is 0.0924. The van der Waals surface area contributed by atoms with Gasteiger partial charge in [0, 0.05) is 23.7 Å². The summed E-state index contributed by atoms with van der Waals surface area (Å²) in [4.78, 5) is 12.5. The lowest BCUT2D eigenvalue weighted by Crippen LogP contribution is -2.48. The molecule has 2 unspecified atom stereocenters. The fourth-order valence-electron chi connectivity index (χ4n) is 3.89. The monoisotopic (exact) mass is 342 g/mol. The van der Waals surface area contributed by atoms with E-state index in [1.807, 2.05) is 42.5 Å². The van der Waals surface area contributed by atoms with Crippen LogP contribution in [0.15, 0.2) is 54.6 Å². The van der Waals surface area contributed by atoms with Gasteiger partial charge in [0.2, 0.25) is 0 Å². The van der Waals surface area contributed by atoms with Crippen LogP contribution in [-0.4, -0.2) is 24.0 Å². The van der Waals surface area contributed by atoms with Gasteiger partial charge in [-0.05, 0) is 48.9 Å². The third-order valence-corrected chi connectivity index (χ3v) is 5.06. The molecule has 4 rings (SSSR count). The van der Waals surface area contributed by atoms with Crippen LogP contribution in [0.2, 0.25) is 0 Å². The van der Waals surface area contributed by atoms with E-state index in [9.17, 15) is 4.79 Å². The van der Waals surface area contributed by atoms with Gasteiger partial charge in [0.15, 0.2) is 0 Å². The van der Waals surface area contributed by atoms with Gasteiger partial charge in [0.05, 0.1) is 0 Å². The highest BCUT2D eigenvalue weighted by molar-refractivity contribution is 5.94. The molecule has 2 fully saturated rings. The number of nitrogens with one attached hydrogen (secondary N) is 2. The maximum atomic E-state index is 12.5. The molecule has 0 aromatic heterocycles. The van der Waals surface area contributed by atoms with E-state index in [0.29, 0.717) is 18.1 Å². The van der Waals surface area contributed by atoms with Crippen molar-refractivity contribution in [1.29, 1.82) is 0 Å². The average molecular weight is 343 g/mol. The second kappa shape index (κ2) is 7.37. The fourth-order valence-corrected chi connectivity index (χ4v) is 3.89. The van der Waals surface area contributed by atoms with Crippen LogP contribution < -0.4 is 10.6 Å². The highest BCUT2D eigenvalue weighted by Gasteiger charge is 2.34. The number of benzene rings is 2. The van der Waals surface area contributed by atoms with Crippen molar-refractivity contribution in [2.75, 3.05) is 0 Å². The number of piperidine rings is 1. The Labute approximate surface area is 149 Å². The van der Waals surface area contributed by atoms with Crippen molar-refractivity contribution in [2.45, 2.75) is 43.8 Å². The molecule has 2 heterocycles. The van der Waals surface area contributed by atoms with E-state index >= 15 is 0 Å². The molecule has 2 aliphatic rings. The molecule has 24 heavy (non-hydrogen) atoms. The summed E-state index contributed by atoms with van der Waals surface area (Å²) in [6.07, 6.45) is 4.63. The minimum Gasteiger partial charge on any atom is -0.349 e. The minimum atomic E-state index is 0. The molecule has 2 saturated heterocycles. The predicted octanol–water partition coefficient (Wildman–Crippen LogP) is 3.79. The van der Waals surface area contributed by atoms with Crippen LogP contribution in [0.1, 0.15) is 36.0 Å². The first-order valence-corrected chi connectivity index (χ1v) is 8.50. The SMILES string of the molecule is Cl.O=C(NC1CC2CCC(C1)N2)c1ccc(-c2ccccc2)cc1. The van der Waals surface area contributed by atoms with E-state index in [4.69, 9.17) is 0 Å². The molecule has 1 amide bonds. The number of halogens is 1. The van der Waals surface area contributed by atoms with Crippen molar-refractivity contribution in [3.8, 4) is 11.1 Å². The number of fused-ring (bicyclic) bond motifs is 2. The molecule has 0 saturated carbocycles. The summed E-state index contributed by atoms with van der Waals surface area (Å²) in [6, 6.07) is 19.6. The molecule has 0 radical (unpaired) electrons.